The average molecular weight is 268 g/mol. The highest BCUT2D eigenvalue weighted by atomic mass is 79.9. The minimum absolute atomic E-state index is 0.116. The predicted molar refractivity (Wildman–Crippen MR) is 59.6 cm³/mol. The Balaban J connectivity index is 3.30. The van der Waals surface area contributed by atoms with Gasteiger partial charge in [0.05, 0.1) is 18.1 Å². The lowest BCUT2D eigenvalue weighted by atomic mass is 9.98. The predicted octanol–water partition coefficient (Wildman–Crippen LogP) is 2.51. The minimum atomic E-state index is -0.924. The Hall–Kier alpha value is -1.34. The van der Waals surface area contributed by atoms with Gasteiger partial charge in [-0.2, -0.15) is 5.26 Å². The van der Waals surface area contributed by atoms with Crippen LogP contribution >= 0.6 is 15.9 Å². The highest BCUT2D eigenvalue weighted by Gasteiger charge is 2.11. The fourth-order valence-corrected chi connectivity index (χ4v) is 2.00. The lowest BCUT2D eigenvalue weighted by Crippen LogP contribution is -2.04. The van der Waals surface area contributed by atoms with Crippen molar-refractivity contribution < 1.29 is 9.90 Å². The molecule has 0 unspecified atom stereocenters. The fourth-order valence-electron chi connectivity index (χ4n) is 1.45. The molecule has 0 aliphatic carbocycles. The molecular weight excluding hydrogens is 258 g/mol. The van der Waals surface area contributed by atoms with Gasteiger partial charge in [-0.1, -0.05) is 22.9 Å². The van der Waals surface area contributed by atoms with Gasteiger partial charge in [0.1, 0.15) is 0 Å². The molecular formula is C11H10BrNO2. The summed E-state index contributed by atoms with van der Waals surface area (Å²) in [5.74, 6) is -0.924. The molecule has 1 N–H and O–H groups in total. The summed E-state index contributed by atoms with van der Waals surface area (Å²) in [5.41, 5.74) is 1.93. The second-order valence-corrected chi connectivity index (χ2v) is 4.05. The largest absolute Gasteiger partial charge is 0.481 e. The second-order valence-electron chi connectivity index (χ2n) is 3.13. The smallest absolute Gasteiger partial charge is 0.307 e. The number of nitrogens with zero attached hydrogens (tertiary/aromatic N) is 1. The number of benzene rings is 1. The average Bonchev–Trinajstić information content (AvgIpc) is 2.15. The Morgan fingerprint density at radius 2 is 2.13 bits per heavy atom. The first-order valence-electron chi connectivity index (χ1n) is 4.51. The van der Waals surface area contributed by atoms with Crippen molar-refractivity contribution in [1.29, 1.82) is 5.26 Å². The zero-order valence-electron chi connectivity index (χ0n) is 8.25. The van der Waals surface area contributed by atoms with Crippen molar-refractivity contribution in [2.24, 2.45) is 0 Å². The van der Waals surface area contributed by atoms with Crippen molar-refractivity contribution in [2.75, 3.05) is 0 Å². The fraction of sp³-hybridized carbons (Fsp3) is 0.273. The lowest BCUT2D eigenvalue weighted by Gasteiger charge is -2.07. The molecule has 1 aromatic rings. The maximum atomic E-state index is 10.6. The lowest BCUT2D eigenvalue weighted by molar-refractivity contribution is -0.136. The molecule has 4 heteroatoms. The van der Waals surface area contributed by atoms with E-state index in [4.69, 9.17) is 10.4 Å². The number of carbonyl (C=O) groups is 1. The molecule has 0 atom stereocenters. The first-order valence-corrected chi connectivity index (χ1v) is 5.31. The third-order valence-electron chi connectivity index (χ3n) is 2.10. The van der Waals surface area contributed by atoms with Gasteiger partial charge in [0.25, 0.3) is 0 Å². The topological polar surface area (TPSA) is 61.1 Å². The maximum Gasteiger partial charge on any atom is 0.307 e. The van der Waals surface area contributed by atoms with Gasteiger partial charge in [-0.3, -0.25) is 4.79 Å². The second kappa shape index (κ2) is 4.94. The van der Waals surface area contributed by atoms with Crippen LogP contribution in [-0.2, 0) is 17.6 Å². The Labute approximate surface area is 96.5 Å². The van der Waals surface area contributed by atoms with Crippen molar-refractivity contribution in [2.45, 2.75) is 19.8 Å². The van der Waals surface area contributed by atoms with Crippen molar-refractivity contribution in [3.05, 3.63) is 33.3 Å². The van der Waals surface area contributed by atoms with Crippen LogP contribution < -0.4 is 0 Å². The van der Waals surface area contributed by atoms with E-state index in [0.717, 1.165) is 16.5 Å². The molecule has 0 saturated carbocycles. The van der Waals surface area contributed by atoms with Crippen LogP contribution in [0.15, 0.2) is 16.6 Å². The van der Waals surface area contributed by atoms with Crippen molar-refractivity contribution in [1.82, 2.24) is 0 Å². The van der Waals surface area contributed by atoms with Crippen molar-refractivity contribution in [3.63, 3.8) is 0 Å². The summed E-state index contributed by atoms with van der Waals surface area (Å²) < 4.78 is 0.814. The van der Waals surface area contributed by atoms with E-state index in [1.807, 2.05) is 13.0 Å². The zero-order valence-corrected chi connectivity index (χ0v) is 9.84. The van der Waals surface area contributed by atoms with Gasteiger partial charge in [-0.25, -0.2) is 0 Å². The molecule has 0 aliphatic rings. The van der Waals surface area contributed by atoms with E-state index in [9.17, 15) is 4.79 Å². The van der Waals surface area contributed by atoms with Gasteiger partial charge < -0.3 is 5.11 Å². The van der Waals surface area contributed by atoms with Crippen LogP contribution in [0.5, 0.6) is 0 Å². The summed E-state index contributed by atoms with van der Waals surface area (Å²) in [5, 5.41) is 17.7. The van der Waals surface area contributed by atoms with Crippen LogP contribution in [0.1, 0.15) is 23.6 Å². The number of aryl methyl sites for hydroxylation is 1. The first kappa shape index (κ1) is 11.7. The standard InChI is InChI=1S/C11H10BrNO2/c1-2-7-3-9(12)4-8(5-11(14)15)10(7)6-13/h3-4H,2,5H2,1H3,(H,14,15). The molecule has 78 valence electrons. The summed E-state index contributed by atoms with van der Waals surface area (Å²) in [6, 6.07) is 5.60. The summed E-state index contributed by atoms with van der Waals surface area (Å²) in [7, 11) is 0. The van der Waals surface area contributed by atoms with Crippen LogP contribution in [0, 0.1) is 11.3 Å². The molecule has 15 heavy (non-hydrogen) atoms. The van der Waals surface area contributed by atoms with Crippen molar-refractivity contribution >= 4 is 21.9 Å². The van der Waals surface area contributed by atoms with Crippen molar-refractivity contribution in [3.8, 4) is 6.07 Å². The van der Waals surface area contributed by atoms with Gasteiger partial charge >= 0.3 is 5.97 Å². The SMILES string of the molecule is CCc1cc(Br)cc(CC(=O)O)c1C#N. The van der Waals surface area contributed by atoms with Gasteiger partial charge in [0, 0.05) is 4.47 Å². The highest BCUT2D eigenvalue weighted by Crippen LogP contribution is 2.22. The molecule has 0 aromatic heterocycles. The number of carboxylic acid groups (broad SMARTS) is 1. The Morgan fingerprint density at radius 3 is 2.60 bits per heavy atom. The van der Waals surface area contributed by atoms with E-state index in [2.05, 4.69) is 22.0 Å². The van der Waals surface area contributed by atoms with E-state index >= 15 is 0 Å². The van der Waals surface area contributed by atoms with E-state index in [1.54, 1.807) is 6.07 Å². The van der Waals surface area contributed by atoms with Gasteiger partial charge in [0.15, 0.2) is 0 Å². The summed E-state index contributed by atoms with van der Waals surface area (Å²) >= 11 is 3.30. The number of aliphatic carboxylic acids is 1. The van der Waals surface area contributed by atoms with E-state index in [-0.39, 0.29) is 6.42 Å². The van der Waals surface area contributed by atoms with Gasteiger partial charge in [0.2, 0.25) is 0 Å². The molecule has 0 saturated heterocycles. The molecule has 0 spiro atoms. The summed E-state index contributed by atoms with van der Waals surface area (Å²) in [4.78, 5) is 10.6. The summed E-state index contributed by atoms with van der Waals surface area (Å²) in [6.45, 7) is 1.94. The number of hydrogen-bond donors (Lipinski definition) is 1. The first-order chi connectivity index (χ1) is 7.08. The van der Waals surface area contributed by atoms with E-state index < -0.39 is 5.97 Å². The Morgan fingerprint density at radius 1 is 1.53 bits per heavy atom. The number of nitriles is 1. The molecule has 0 radical (unpaired) electrons. The molecule has 0 aliphatic heterocycles. The van der Waals surface area contributed by atoms with Crippen LogP contribution in [0.2, 0.25) is 0 Å². The monoisotopic (exact) mass is 267 g/mol. The molecule has 1 rings (SSSR count). The maximum absolute atomic E-state index is 10.6. The van der Waals surface area contributed by atoms with Crippen LogP contribution in [0.3, 0.4) is 0 Å². The Kier molecular flexibility index (Phi) is 3.87. The molecule has 0 amide bonds. The highest BCUT2D eigenvalue weighted by molar-refractivity contribution is 9.10. The molecule has 1 aromatic carbocycles. The Bertz CT molecular complexity index is 435. The van der Waals surface area contributed by atoms with Crippen LogP contribution in [0.25, 0.3) is 0 Å². The van der Waals surface area contributed by atoms with Gasteiger partial charge in [-0.15, -0.1) is 0 Å². The van der Waals surface area contributed by atoms with Gasteiger partial charge in [-0.05, 0) is 29.7 Å². The van der Waals surface area contributed by atoms with Crippen LogP contribution in [0.4, 0.5) is 0 Å². The summed E-state index contributed by atoms with van der Waals surface area (Å²) in [6.07, 6.45) is 0.601. The zero-order chi connectivity index (χ0) is 11.4. The number of carboxylic acids is 1. The molecule has 0 heterocycles. The molecule has 3 nitrogen and oxygen atoms in total. The number of halogens is 1. The van der Waals surface area contributed by atoms with E-state index in [1.165, 1.54) is 0 Å². The number of rotatable bonds is 3. The molecule has 0 bridgehead atoms. The van der Waals surface area contributed by atoms with E-state index in [0.29, 0.717) is 11.1 Å². The minimum Gasteiger partial charge on any atom is -0.481 e. The number of hydrogen-bond acceptors (Lipinski definition) is 2. The normalized spacial score (nSPS) is 9.67. The third kappa shape index (κ3) is 2.80. The molecule has 0 fully saturated rings. The quantitative estimate of drug-likeness (QED) is 0.916. The van der Waals surface area contributed by atoms with Crippen LogP contribution in [-0.4, -0.2) is 11.1 Å². The third-order valence-corrected chi connectivity index (χ3v) is 2.56.